The second-order valence-electron chi connectivity index (χ2n) is 11.8. The number of halogens is 3. The molecule has 0 bridgehead atoms. The van der Waals surface area contributed by atoms with Crippen LogP contribution >= 0.6 is 23.2 Å². The molecule has 6 rings (SSSR count). The monoisotopic (exact) mass is 756 g/mol. The smallest absolute Gasteiger partial charge is 0.400 e. The highest BCUT2D eigenvalue weighted by atomic mass is 35.5. The van der Waals surface area contributed by atoms with Gasteiger partial charge in [0, 0.05) is 28.3 Å². The number of aromatic nitrogens is 1. The maximum absolute atomic E-state index is 14.5. The molecule has 1 aliphatic carbocycles. The van der Waals surface area contributed by atoms with Crippen molar-refractivity contribution < 1.29 is 52.0 Å². The van der Waals surface area contributed by atoms with Gasteiger partial charge in [-0.15, -0.1) is 0 Å². The number of fused-ring (bicyclic) bond motifs is 1. The lowest BCUT2D eigenvalue weighted by Crippen LogP contribution is -2.32. The number of imide groups is 1. The highest BCUT2D eigenvalue weighted by molar-refractivity contribution is 6.34. The van der Waals surface area contributed by atoms with Crippen molar-refractivity contribution in [3.05, 3.63) is 81.6 Å². The minimum Gasteiger partial charge on any atom is -0.480 e. The van der Waals surface area contributed by atoms with Crippen LogP contribution in [0.25, 0.3) is 11.1 Å². The molecule has 4 aromatic rings. The third-order valence-electron chi connectivity index (χ3n) is 8.01. The fraction of sp³-hybridized carbons (Fsp3) is 0.324. The molecule has 52 heavy (non-hydrogen) atoms. The van der Waals surface area contributed by atoms with Crippen molar-refractivity contribution in [3.63, 3.8) is 0 Å². The number of carboxylic acid groups (broad SMARTS) is 1. The van der Waals surface area contributed by atoms with Gasteiger partial charge in [-0.05, 0) is 81.5 Å². The molecular weight excluding hydrogens is 722 g/mol. The van der Waals surface area contributed by atoms with Crippen LogP contribution in [0.3, 0.4) is 0 Å². The standard InChI is InChI=1S/C21H23ClFNO5.C16H12ClNO5/c1-2-3-6-9-28-19(25)12-29-18-11-17(16(23)10-15(18)22)24-20(26)13-7-4-5-8-14(13)21(24)27;1-9(15(19)20)21-11-3-5-12(6-4-11)22-16-18-13-7-2-10(17)8-14(13)23-16/h10-11H,2-9,12H2,1H3;2-9H,1H3,(H,19,20). The number of hydrogen-bond acceptors (Lipinski definition) is 10. The fourth-order valence-corrected chi connectivity index (χ4v) is 5.70. The Hall–Kier alpha value is -5.14. The van der Waals surface area contributed by atoms with Gasteiger partial charge in [-0.1, -0.05) is 43.0 Å². The summed E-state index contributed by atoms with van der Waals surface area (Å²) < 4.78 is 41.2. The van der Waals surface area contributed by atoms with E-state index in [4.69, 9.17) is 51.7 Å². The van der Waals surface area contributed by atoms with Gasteiger partial charge in [0.15, 0.2) is 18.3 Å². The van der Waals surface area contributed by atoms with E-state index in [-0.39, 0.29) is 22.5 Å². The van der Waals surface area contributed by atoms with E-state index in [0.29, 0.717) is 58.2 Å². The van der Waals surface area contributed by atoms with Gasteiger partial charge < -0.3 is 28.5 Å². The molecule has 1 N–H and O–H groups in total. The number of anilines is 1. The molecule has 1 aliphatic heterocycles. The average molecular weight is 758 g/mol. The maximum atomic E-state index is 14.5. The third kappa shape index (κ3) is 9.39. The van der Waals surface area contributed by atoms with Gasteiger partial charge in [-0.3, -0.25) is 9.59 Å². The summed E-state index contributed by atoms with van der Waals surface area (Å²) in [5.74, 6) is -2.52. The summed E-state index contributed by atoms with van der Waals surface area (Å²) >= 11 is 11.9. The Morgan fingerprint density at radius 2 is 1.65 bits per heavy atom. The van der Waals surface area contributed by atoms with Crippen molar-refractivity contribution in [3.8, 4) is 23.3 Å². The molecular formula is C37H35Cl2FN2O10. The second kappa shape index (κ2) is 17.4. The Morgan fingerprint density at radius 1 is 0.981 bits per heavy atom. The number of oxazole rings is 1. The van der Waals surface area contributed by atoms with Crippen molar-refractivity contribution in [2.45, 2.75) is 64.9 Å². The number of esters is 1. The Labute approximate surface area is 308 Å². The highest BCUT2D eigenvalue weighted by Gasteiger charge is 2.41. The Bertz CT molecular complexity index is 1970. The van der Waals surface area contributed by atoms with Crippen molar-refractivity contribution in [1.29, 1.82) is 0 Å². The summed E-state index contributed by atoms with van der Waals surface area (Å²) in [4.78, 5) is 52.9. The number of benzene rings is 3. The van der Waals surface area contributed by atoms with Crippen molar-refractivity contribution in [2.75, 3.05) is 18.1 Å². The molecule has 0 saturated heterocycles. The van der Waals surface area contributed by atoms with Crippen LogP contribution in [0.5, 0.6) is 23.3 Å². The minimum absolute atomic E-state index is 0.000883. The van der Waals surface area contributed by atoms with Gasteiger partial charge in [0.1, 0.15) is 28.6 Å². The molecule has 3 aromatic carbocycles. The first kappa shape index (κ1) is 38.1. The quantitative estimate of drug-likeness (QED) is 0.0794. The zero-order valence-electron chi connectivity index (χ0n) is 28.3. The zero-order chi connectivity index (χ0) is 37.4. The van der Waals surface area contributed by atoms with Crippen LogP contribution in [0.15, 0.2) is 70.2 Å². The summed E-state index contributed by atoms with van der Waals surface area (Å²) in [6, 6.07) is 13.7. The number of amides is 2. The van der Waals surface area contributed by atoms with Gasteiger partial charge in [0.2, 0.25) is 0 Å². The predicted molar refractivity (Wildman–Crippen MR) is 189 cm³/mol. The number of nitrogens with zero attached hydrogens (tertiary/aromatic N) is 2. The largest absolute Gasteiger partial charge is 0.480 e. The summed E-state index contributed by atoms with van der Waals surface area (Å²) in [6.07, 6.45) is 4.56. The Kier molecular flexibility index (Phi) is 12.7. The second-order valence-corrected chi connectivity index (χ2v) is 12.7. The molecule has 0 fully saturated rings. The maximum Gasteiger partial charge on any atom is 0.400 e. The van der Waals surface area contributed by atoms with Crippen molar-refractivity contribution in [1.82, 2.24) is 4.98 Å². The van der Waals surface area contributed by atoms with Crippen LogP contribution in [0.1, 0.15) is 58.8 Å². The van der Waals surface area contributed by atoms with Crippen LogP contribution < -0.4 is 19.1 Å². The van der Waals surface area contributed by atoms with Gasteiger partial charge in [-0.25, -0.2) is 18.9 Å². The van der Waals surface area contributed by atoms with Crippen LogP contribution in [-0.2, 0) is 23.9 Å². The number of rotatable bonds is 13. The number of aliphatic carboxylic acids is 1. The highest BCUT2D eigenvalue weighted by Crippen LogP contribution is 2.39. The Balaban J connectivity index is 0.000000206. The topological polar surface area (TPSA) is 155 Å². The van der Waals surface area contributed by atoms with E-state index in [1.807, 2.05) is 6.92 Å². The third-order valence-corrected chi connectivity index (χ3v) is 8.54. The number of carboxylic acids is 1. The summed E-state index contributed by atoms with van der Waals surface area (Å²) in [5.41, 5.74) is 1.84. The number of carbonyl (C=O) groups is 4. The summed E-state index contributed by atoms with van der Waals surface area (Å²) in [7, 11) is 0. The van der Waals surface area contributed by atoms with E-state index < -0.39 is 42.3 Å². The van der Waals surface area contributed by atoms with E-state index in [0.717, 1.165) is 43.1 Å². The Morgan fingerprint density at radius 3 is 2.31 bits per heavy atom. The van der Waals surface area contributed by atoms with E-state index in [2.05, 4.69) is 4.98 Å². The van der Waals surface area contributed by atoms with Gasteiger partial charge in [0.05, 0.1) is 17.3 Å². The van der Waals surface area contributed by atoms with E-state index >= 15 is 0 Å². The molecule has 1 aromatic heterocycles. The molecule has 0 radical (unpaired) electrons. The molecule has 274 valence electrons. The molecule has 1 unspecified atom stereocenters. The molecule has 1 atom stereocenters. The van der Waals surface area contributed by atoms with Crippen molar-refractivity contribution >= 4 is 63.7 Å². The molecule has 2 amide bonds. The number of hydrogen-bond donors (Lipinski definition) is 1. The van der Waals surface area contributed by atoms with Crippen LogP contribution in [0.4, 0.5) is 10.1 Å². The lowest BCUT2D eigenvalue weighted by Gasteiger charge is -2.18. The van der Waals surface area contributed by atoms with E-state index in [1.165, 1.54) is 13.0 Å². The first-order valence-electron chi connectivity index (χ1n) is 16.6. The van der Waals surface area contributed by atoms with Gasteiger partial charge in [-0.2, -0.15) is 4.98 Å². The van der Waals surface area contributed by atoms with E-state index in [9.17, 15) is 23.6 Å². The molecule has 15 heteroatoms. The molecule has 0 saturated carbocycles. The number of unbranched alkanes of at least 4 members (excludes halogenated alkanes) is 2. The fourth-order valence-electron chi connectivity index (χ4n) is 5.34. The van der Waals surface area contributed by atoms with Crippen LogP contribution in [0, 0.1) is 5.82 Å². The summed E-state index contributed by atoms with van der Waals surface area (Å²) in [5, 5.41) is 9.28. The lowest BCUT2D eigenvalue weighted by atomic mass is 9.93. The van der Waals surface area contributed by atoms with Crippen LogP contribution in [-0.4, -0.2) is 53.2 Å². The summed E-state index contributed by atoms with van der Waals surface area (Å²) in [6.45, 7) is 3.39. The molecule has 12 nitrogen and oxygen atoms in total. The zero-order valence-corrected chi connectivity index (χ0v) is 29.8. The normalized spacial score (nSPS) is 14.4. The number of ether oxygens (including phenoxy) is 4. The predicted octanol–water partition coefficient (Wildman–Crippen LogP) is 8.46. The average Bonchev–Trinajstić information content (AvgIpc) is 3.63. The van der Waals surface area contributed by atoms with Gasteiger partial charge >= 0.3 is 18.0 Å². The van der Waals surface area contributed by atoms with Crippen LogP contribution in [0.2, 0.25) is 10.0 Å². The van der Waals surface area contributed by atoms with E-state index in [1.54, 1.807) is 42.5 Å². The van der Waals surface area contributed by atoms with Crippen molar-refractivity contribution in [2.24, 2.45) is 0 Å². The molecule has 2 aliphatic rings. The lowest BCUT2D eigenvalue weighted by molar-refractivity contribution is -0.146. The first-order chi connectivity index (χ1) is 24.9. The first-order valence-corrected chi connectivity index (χ1v) is 17.3. The molecule has 2 heterocycles. The number of carbonyl (C=O) groups excluding carboxylic acids is 3. The van der Waals surface area contributed by atoms with Gasteiger partial charge in [0.25, 0.3) is 11.8 Å². The molecule has 0 spiro atoms. The minimum atomic E-state index is -1.03. The SMILES string of the molecule is CC(Oc1ccc(Oc2nc3ccc(Cl)cc3o2)cc1)C(=O)O.CCCCCOC(=O)COc1cc(N2C(=O)C3=C(CCCC3)C2=O)c(F)cc1Cl.